The van der Waals surface area contributed by atoms with E-state index in [0.29, 0.717) is 5.69 Å². The van der Waals surface area contributed by atoms with E-state index in [0.717, 1.165) is 4.88 Å². The van der Waals surface area contributed by atoms with Crippen LogP contribution in [0.3, 0.4) is 0 Å². The molecule has 94 valence electrons. The number of hydrogen-bond donors (Lipinski definition) is 3. The molecule has 0 aliphatic heterocycles. The zero-order valence-electron chi connectivity index (χ0n) is 9.26. The predicted molar refractivity (Wildman–Crippen MR) is 73.0 cm³/mol. The third kappa shape index (κ3) is 2.81. The highest BCUT2D eigenvalue weighted by molar-refractivity contribution is 7.10. The van der Waals surface area contributed by atoms with Crippen molar-refractivity contribution in [2.24, 2.45) is 5.73 Å². The van der Waals surface area contributed by atoms with Crippen molar-refractivity contribution in [3.8, 4) is 5.75 Å². The fourth-order valence-electron chi connectivity index (χ4n) is 1.40. The van der Waals surface area contributed by atoms with Gasteiger partial charge in [0.15, 0.2) is 0 Å². The highest BCUT2D eigenvalue weighted by Crippen LogP contribution is 2.26. The van der Waals surface area contributed by atoms with E-state index in [1.807, 2.05) is 11.4 Å². The van der Waals surface area contributed by atoms with Crippen molar-refractivity contribution in [3.05, 3.63) is 45.6 Å². The molecule has 2 rings (SSSR count). The third-order valence-corrected chi connectivity index (χ3v) is 3.61. The Bertz CT molecular complexity index is 557. The quantitative estimate of drug-likeness (QED) is 0.758. The lowest BCUT2D eigenvalue weighted by Crippen LogP contribution is -2.26. The predicted octanol–water partition coefficient (Wildman–Crippen LogP) is 2.75. The molecule has 0 saturated heterocycles. The highest BCUT2D eigenvalue weighted by atomic mass is 35.5. The van der Waals surface area contributed by atoms with E-state index in [1.165, 1.54) is 23.5 Å². The van der Waals surface area contributed by atoms with Crippen LogP contribution in [0.2, 0.25) is 5.02 Å². The lowest BCUT2D eigenvalue weighted by molar-refractivity contribution is -0.117. The number of phenolic OH excluding ortho intramolecular Hbond substituents is 1. The topological polar surface area (TPSA) is 75.4 Å². The molecule has 6 heteroatoms. The van der Waals surface area contributed by atoms with Gasteiger partial charge in [-0.3, -0.25) is 4.79 Å². The number of nitrogens with one attached hydrogen (secondary N) is 1. The first-order valence-corrected chi connectivity index (χ1v) is 6.42. The van der Waals surface area contributed by atoms with Crippen LogP contribution in [0.15, 0.2) is 35.7 Å². The van der Waals surface area contributed by atoms with Gasteiger partial charge in [0.25, 0.3) is 0 Å². The summed E-state index contributed by atoms with van der Waals surface area (Å²) < 4.78 is 0. The Morgan fingerprint density at radius 3 is 2.83 bits per heavy atom. The first-order valence-electron chi connectivity index (χ1n) is 5.16. The van der Waals surface area contributed by atoms with Crippen molar-refractivity contribution in [3.63, 3.8) is 0 Å². The van der Waals surface area contributed by atoms with Crippen LogP contribution in [-0.2, 0) is 4.79 Å². The number of benzene rings is 1. The number of carbonyl (C=O) groups is 1. The van der Waals surface area contributed by atoms with Crippen LogP contribution in [0.1, 0.15) is 10.9 Å². The van der Waals surface area contributed by atoms with Crippen molar-refractivity contribution < 1.29 is 9.90 Å². The number of halogens is 1. The molecule has 1 unspecified atom stereocenters. The summed E-state index contributed by atoms with van der Waals surface area (Å²) in [6, 6.07) is 7.37. The molecule has 0 radical (unpaired) electrons. The number of carbonyl (C=O) groups excluding carboxylic acids is 1. The highest BCUT2D eigenvalue weighted by Gasteiger charge is 2.16. The molecule has 0 spiro atoms. The van der Waals surface area contributed by atoms with Gasteiger partial charge < -0.3 is 16.2 Å². The summed E-state index contributed by atoms with van der Waals surface area (Å²) in [5.74, 6) is -0.351. The maximum Gasteiger partial charge on any atom is 0.246 e. The van der Waals surface area contributed by atoms with E-state index < -0.39 is 6.04 Å². The first-order chi connectivity index (χ1) is 8.58. The van der Waals surface area contributed by atoms with Gasteiger partial charge in [-0.15, -0.1) is 11.3 Å². The third-order valence-electron chi connectivity index (χ3n) is 2.35. The summed E-state index contributed by atoms with van der Waals surface area (Å²) in [5, 5.41) is 14.0. The average Bonchev–Trinajstić information content (AvgIpc) is 2.86. The maximum absolute atomic E-state index is 11.9. The average molecular weight is 283 g/mol. The molecule has 1 aromatic heterocycles. The Kier molecular flexibility index (Phi) is 3.86. The fraction of sp³-hybridized carbons (Fsp3) is 0.0833. The van der Waals surface area contributed by atoms with Crippen molar-refractivity contribution in [2.75, 3.05) is 5.32 Å². The number of aromatic hydroxyl groups is 1. The smallest absolute Gasteiger partial charge is 0.246 e. The van der Waals surface area contributed by atoms with E-state index in [1.54, 1.807) is 12.1 Å². The summed E-state index contributed by atoms with van der Waals surface area (Å²) in [4.78, 5) is 12.7. The first kappa shape index (κ1) is 12.9. The van der Waals surface area contributed by atoms with Gasteiger partial charge in [-0.05, 0) is 29.6 Å². The number of thiophene rings is 1. The van der Waals surface area contributed by atoms with Gasteiger partial charge >= 0.3 is 0 Å². The summed E-state index contributed by atoms with van der Waals surface area (Å²) in [6.45, 7) is 0. The van der Waals surface area contributed by atoms with Crippen LogP contribution in [0.5, 0.6) is 5.75 Å². The zero-order chi connectivity index (χ0) is 13.1. The summed E-state index contributed by atoms with van der Waals surface area (Å²) in [5.41, 5.74) is 6.31. The standard InChI is InChI=1S/C12H11ClN2O2S/c13-8-6-7(3-4-9(8)16)15-12(17)11(14)10-2-1-5-18-10/h1-6,11,16H,14H2,(H,15,17). The van der Waals surface area contributed by atoms with Crippen LogP contribution in [0, 0.1) is 0 Å². The lowest BCUT2D eigenvalue weighted by Gasteiger charge is -2.11. The molecule has 4 N–H and O–H groups in total. The summed E-state index contributed by atoms with van der Waals surface area (Å²) >= 11 is 7.17. The second kappa shape index (κ2) is 5.39. The minimum atomic E-state index is -0.711. The molecule has 0 aliphatic rings. The van der Waals surface area contributed by atoms with E-state index in [-0.39, 0.29) is 16.7 Å². The van der Waals surface area contributed by atoms with E-state index in [4.69, 9.17) is 17.3 Å². The van der Waals surface area contributed by atoms with E-state index >= 15 is 0 Å². The second-order valence-corrected chi connectivity index (χ2v) is 5.04. The Morgan fingerprint density at radius 2 is 2.22 bits per heavy atom. The summed E-state index contributed by atoms with van der Waals surface area (Å²) in [6.07, 6.45) is 0. The van der Waals surface area contributed by atoms with Gasteiger partial charge in [-0.2, -0.15) is 0 Å². The molecular formula is C12H11ClN2O2S. The largest absolute Gasteiger partial charge is 0.506 e. The number of nitrogens with two attached hydrogens (primary N) is 1. The van der Waals surface area contributed by atoms with Crippen molar-refractivity contribution in [1.82, 2.24) is 0 Å². The molecule has 1 heterocycles. The Hall–Kier alpha value is -1.56. The Labute approximate surface area is 113 Å². The minimum Gasteiger partial charge on any atom is -0.506 e. The molecule has 0 fully saturated rings. The van der Waals surface area contributed by atoms with Crippen LogP contribution in [0.4, 0.5) is 5.69 Å². The SMILES string of the molecule is NC(C(=O)Nc1ccc(O)c(Cl)c1)c1cccs1. The molecule has 0 bridgehead atoms. The van der Waals surface area contributed by atoms with Gasteiger partial charge in [-0.1, -0.05) is 17.7 Å². The van der Waals surface area contributed by atoms with Gasteiger partial charge in [0, 0.05) is 10.6 Å². The minimum absolute atomic E-state index is 0.0304. The second-order valence-electron chi connectivity index (χ2n) is 3.65. The Balaban J connectivity index is 2.09. The van der Waals surface area contributed by atoms with E-state index in [9.17, 15) is 9.90 Å². The zero-order valence-corrected chi connectivity index (χ0v) is 10.8. The molecule has 1 amide bonds. The van der Waals surface area contributed by atoms with Gasteiger partial charge in [0.1, 0.15) is 11.8 Å². The Morgan fingerprint density at radius 1 is 1.44 bits per heavy atom. The molecule has 18 heavy (non-hydrogen) atoms. The summed E-state index contributed by atoms with van der Waals surface area (Å²) in [7, 11) is 0. The fourth-order valence-corrected chi connectivity index (χ4v) is 2.31. The van der Waals surface area contributed by atoms with Crippen molar-refractivity contribution in [1.29, 1.82) is 0 Å². The van der Waals surface area contributed by atoms with Crippen LogP contribution in [-0.4, -0.2) is 11.0 Å². The van der Waals surface area contributed by atoms with Crippen molar-refractivity contribution in [2.45, 2.75) is 6.04 Å². The molecule has 0 saturated carbocycles. The van der Waals surface area contributed by atoms with Crippen LogP contribution < -0.4 is 11.1 Å². The molecule has 1 aromatic carbocycles. The number of phenols is 1. The molecular weight excluding hydrogens is 272 g/mol. The monoisotopic (exact) mass is 282 g/mol. The van der Waals surface area contributed by atoms with Crippen LogP contribution in [0.25, 0.3) is 0 Å². The molecule has 1 atom stereocenters. The molecule has 2 aromatic rings. The van der Waals surface area contributed by atoms with Crippen LogP contribution >= 0.6 is 22.9 Å². The van der Waals surface area contributed by atoms with Gasteiger partial charge in [0.05, 0.1) is 5.02 Å². The van der Waals surface area contributed by atoms with E-state index in [2.05, 4.69) is 5.32 Å². The normalized spacial score (nSPS) is 12.1. The lowest BCUT2D eigenvalue weighted by atomic mass is 10.2. The number of amides is 1. The number of anilines is 1. The number of hydrogen-bond acceptors (Lipinski definition) is 4. The maximum atomic E-state index is 11.9. The van der Waals surface area contributed by atoms with Crippen molar-refractivity contribution >= 4 is 34.5 Å². The number of rotatable bonds is 3. The molecule has 4 nitrogen and oxygen atoms in total. The van der Waals surface area contributed by atoms with Gasteiger partial charge in [-0.25, -0.2) is 0 Å². The van der Waals surface area contributed by atoms with Gasteiger partial charge in [0.2, 0.25) is 5.91 Å². The molecule has 0 aliphatic carbocycles.